The van der Waals surface area contributed by atoms with Crippen LogP contribution in [-0.4, -0.2) is 28.3 Å². The molecule has 0 fully saturated rings. The number of benzene rings is 1. The van der Waals surface area contributed by atoms with Gasteiger partial charge in [0.05, 0.1) is 24.3 Å². The molecule has 0 saturated carbocycles. The molecule has 0 radical (unpaired) electrons. The van der Waals surface area contributed by atoms with Crippen LogP contribution in [-0.2, 0) is 20.2 Å². The van der Waals surface area contributed by atoms with Crippen molar-refractivity contribution in [3.63, 3.8) is 0 Å². The Morgan fingerprint density at radius 1 is 1.11 bits per heavy atom. The van der Waals surface area contributed by atoms with Crippen LogP contribution in [0.15, 0.2) is 29.3 Å². The minimum atomic E-state index is -3.55. The fourth-order valence-electron chi connectivity index (χ4n) is 2.83. The van der Waals surface area contributed by atoms with Crippen LogP contribution in [0.5, 0.6) is 0 Å². The predicted molar refractivity (Wildman–Crippen MR) is 110 cm³/mol. The van der Waals surface area contributed by atoms with Gasteiger partial charge in [0.2, 0.25) is 5.57 Å². The SMILES string of the molecule is CCCCn1c(P(=O)(OCC)OCC)nc2ccccc2c1=NC(C)(C)C. The van der Waals surface area contributed by atoms with E-state index in [9.17, 15) is 4.57 Å². The first-order valence-corrected chi connectivity index (χ1v) is 11.2. The Hall–Kier alpha value is -1.49. The summed E-state index contributed by atoms with van der Waals surface area (Å²) in [5.41, 5.74) is 1.55. The summed E-state index contributed by atoms with van der Waals surface area (Å²) < 4.78 is 26.8. The summed E-state index contributed by atoms with van der Waals surface area (Å²) in [5.74, 6) is 0. The lowest BCUT2D eigenvalue weighted by atomic mass is 10.1. The molecule has 7 heteroatoms. The van der Waals surface area contributed by atoms with E-state index >= 15 is 0 Å². The second-order valence-corrected chi connectivity index (χ2v) is 9.28. The normalized spacial score (nSPS) is 13.5. The van der Waals surface area contributed by atoms with E-state index in [0.29, 0.717) is 12.1 Å². The molecule has 150 valence electrons. The van der Waals surface area contributed by atoms with Crippen LogP contribution in [0.2, 0.25) is 0 Å². The van der Waals surface area contributed by atoms with Crippen LogP contribution >= 0.6 is 7.60 Å². The van der Waals surface area contributed by atoms with Gasteiger partial charge in [-0.15, -0.1) is 0 Å². The molecule has 2 rings (SSSR count). The maximum atomic E-state index is 13.6. The lowest BCUT2D eigenvalue weighted by Gasteiger charge is -2.23. The van der Waals surface area contributed by atoms with E-state index in [2.05, 4.69) is 27.7 Å². The zero-order valence-corrected chi connectivity index (χ0v) is 18.3. The van der Waals surface area contributed by atoms with Gasteiger partial charge in [-0.05, 0) is 53.2 Å². The Balaban J connectivity index is 2.94. The fourth-order valence-corrected chi connectivity index (χ4v) is 4.54. The van der Waals surface area contributed by atoms with Gasteiger partial charge in [-0.1, -0.05) is 25.5 Å². The molecule has 2 aromatic rings. The van der Waals surface area contributed by atoms with Gasteiger partial charge in [-0.2, -0.15) is 0 Å². The quantitative estimate of drug-likeness (QED) is 0.623. The average Bonchev–Trinajstić information content (AvgIpc) is 2.59. The van der Waals surface area contributed by atoms with Gasteiger partial charge in [0.15, 0.2) is 0 Å². The Morgan fingerprint density at radius 2 is 1.74 bits per heavy atom. The Bertz CT molecular complexity index is 874. The maximum Gasteiger partial charge on any atom is 0.396 e. The lowest BCUT2D eigenvalue weighted by molar-refractivity contribution is 0.227. The standard InChI is InChI=1S/C20H32N3O3P/c1-7-10-15-23-18(22-20(4,5)6)16-13-11-12-14-17(16)21-19(23)27(24,25-8-2)26-9-3/h11-14H,7-10,15H2,1-6H3. The Morgan fingerprint density at radius 3 is 2.30 bits per heavy atom. The molecule has 0 aliphatic carbocycles. The van der Waals surface area contributed by atoms with Gasteiger partial charge < -0.3 is 13.6 Å². The van der Waals surface area contributed by atoms with Crippen molar-refractivity contribution in [2.24, 2.45) is 4.99 Å². The van der Waals surface area contributed by atoms with Crippen LogP contribution in [0.4, 0.5) is 0 Å². The first kappa shape index (κ1) is 21.8. The zero-order valence-electron chi connectivity index (χ0n) is 17.4. The molecule has 0 N–H and O–H groups in total. The number of aromatic nitrogens is 2. The smallest absolute Gasteiger partial charge is 0.304 e. The van der Waals surface area contributed by atoms with E-state index in [1.54, 1.807) is 0 Å². The summed E-state index contributed by atoms with van der Waals surface area (Å²) in [4.78, 5) is 9.68. The minimum Gasteiger partial charge on any atom is -0.304 e. The number of hydrogen-bond donors (Lipinski definition) is 0. The largest absolute Gasteiger partial charge is 0.396 e. The van der Waals surface area contributed by atoms with Crippen molar-refractivity contribution >= 4 is 24.1 Å². The second-order valence-electron chi connectivity index (χ2n) is 7.37. The Labute approximate surface area is 162 Å². The number of hydrogen-bond acceptors (Lipinski definition) is 5. The number of rotatable bonds is 8. The number of unbranched alkanes of at least 4 members (excludes halogenated alkanes) is 1. The monoisotopic (exact) mass is 393 g/mol. The van der Waals surface area contributed by atoms with Crippen molar-refractivity contribution in [1.82, 2.24) is 9.55 Å². The molecule has 0 bridgehead atoms. The third-order valence-electron chi connectivity index (χ3n) is 3.88. The van der Waals surface area contributed by atoms with E-state index in [1.807, 2.05) is 42.7 Å². The van der Waals surface area contributed by atoms with Crippen molar-refractivity contribution in [2.45, 2.75) is 66.5 Å². The highest BCUT2D eigenvalue weighted by atomic mass is 31.2. The molecule has 1 aromatic carbocycles. The van der Waals surface area contributed by atoms with Crippen LogP contribution in [0.1, 0.15) is 54.4 Å². The van der Waals surface area contributed by atoms with Crippen LogP contribution in [0, 0.1) is 0 Å². The average molecular weight is 393 g/mol. The van der Waals surface area contributed by atoms with E-state index in [-0.39, 0.29) is 18.8 Å². The molecule has 0 amide bonds. The lowest BCUT2D eigenvalue weighted by Crippen LogP contribution is -2.39. The molecule has 1 heterocycles. The molecular weight excluding hydrogens is 361 g/mol. The minimum absolute atomic E-state index is 0.283. The van der Waals surface area contributed by atoms with Crippen LogP contribution < -0.4 is 11.1 Å². The molecule has 0 saturated heterocycles. The number of nitrogens with zero attached hydrogens (tertiary/aromatic N) is 3. The molecule has 0 aliphatic rings. The molecule has 0 unspecified atom stereocenters. The van der Waals surface area contributed by atoms with Crippen LogP contribution in [0.3, 0.4) is 0 Å². The third kappa shape index (κ3) is 5.28. The van der Waals surface area contributed by atoms with E-state index in [4.69, 9.17) is 19.0 Å². The van der Waals surface area contributed by atoms with Gasteiger partial charge in [0.25, 0.3) is 0 Å². The van der Waals surface area contributed by atoms with Gasteiger partial charge in [-0.3, -0.25) is 9.56 Å². The van der Waals surface area contributed by atoms with Crippen molar-refractivity contribution in [3.8, 4) is 0 Å². The van der Waals surface area contributed by atoms with E-state index < -0.39 is 7.60 Å². The summed E-state index contributed by atoms with van der Waals surface area (Å²) in [6, 6.07) is 7.81. The van der Waals surface area contributed by atoms with Crippen molar-refractivity contribution in [2.75, 3.05) is 13.2 Å². The summed E-state index contributed by atoms with van der Waals surface area (Å²) in [6.07, 6.45) is 1.92. The van der Waals surface area contributed by atoms with Crippen LogP contribution in [0.25, 0.3) is 10.9 Å². The van der Waals surface area contributed by atoms with Gasteiger partial charge in [-0.25, -0.2) is 4.98 Å². The predicted octanol–water partition coefficient (Wildman–Crippen LogP) is 4.43. The maximum absolute atomic E-state index is 13.6. The highest BCUT2D eigenvalue weighted by Gasteiger charge is 2.33. The molecule has 0 aliphatic heterocycles. The number of fused-ring (bicyclic) bond motifs is 1. The molecule has 27 heavy (non-hydrogen) atoms. The van der Waals surface area contributed by atoms with Crippen molar-refractivity contribution < 1.29 is 13.6 Å². The van der Waals surface area contributed by atoms with E-state index in [0.717, 1.165) is 29.2 Å². The van der Waals surface area contributed by atoms with Gasteiger partial charge in [0, 0.05) is 11.9 Å². The summed E-state index contributed by atoms with van der Waals surface area (Å²) >= 11 is 0. The summed E-state index contributed by atoms with van der Waals surface area (Å²) in [6.45, 7) is 13.1. The summed E-state index contributed by atoms with van der Waals surface area (Å²) in [7, 11) is -3.55. The molecular formula is C20H32N3O3P. The number of para-hydroxylation sites is 1. The first-order valence-electron chi connectivity index (χ1n) is 9.71. The highest BCUT2D eigenvalue weighted by Crippen LogP contribution is 2.46. The van der Waals surface area contributed by atoms with Gasteiger partial charge >= 0.3 is 7.60 Å². The highest BCUT2D eigenvalue weighted by molar-refractivity contribution is 7.61. The second kappa shape index (κ2) is 9.13. The van der Waals surface area contributed by atoms with E-state index in [1.165, 1.54) is 0 Å². The van der Waals surface area contributed by atoms with Crippen molar-refractivity contribution in [1.29, 1.82) is 0 Å². The molecule has 6 nitrogen and oxygen atoms in total. The van der Waals surface area contributed by atoms with Gasteiger partial charge in [0.1, 0.15) is 5.49 Å². The zero-order chi connectivity index (χ0) is 20.1. The molecule has 1 aromatic heterocycles. The first-order chi connectivity index (χ1) is 12.8. The fraction of sp³-hybridized carbons (Fsp3) is 0.600. The van der Waals surface area contributed by atoms with Crippen molar-refractivity contribution in [3.05, 3.63) is 29.8 Å². The molecule has 0 atom stereocenters. The third-order valence-corrected chi connectivity index (χ3v) is 5.91. The Kier molecular flexibility index (Phi) is 7.38. The molecule has 0 spiro atoms. The topological polar surface area (TPSA) is 65.7 Å². The summed E-state index contributed by atoms with van der Waals surface area (Å²) in [5, 5.41) is 0.937.